The Hall–Kier alpha value is -1.33. The number of rotatable bonds is 1. The second kappa shape index (κ2) is 4.40. The number of halogens is 1. The van der Waals surface area contributed by atoms with E-state index in [1.807, 2.05) is 13.8 Å². The van der Waals surface area contributed by atoms with Gasteiger partial charge in [-0.2, -0.15) is 0 Å². The molecule has 1 N–H and O–H groups in total. The minimum Gasteiger partial charge on any atom is -0.341 e. The molecule has 0 aromatic carbocycles. The zero-order valence-electron chi connectivity index (χ0n) is 11.1. The Bertz CT molecular complexity index is 374. The van der Waals surface area contributed by atoms with Gasteiger partial charge in [0.05, 0.1) is 6.54 Å². The molecule has 2 aliphatic rings. The zero-order chi connectivity index (χ0) is 13.5. The highest BCUT2D eigenvalue weighted by Crippen LogP contribution is 2.39. The third kappa shape index (κ3) is 1.83. The number of likely N-dealkylation sites (tertiary alicyclic amines) is 2. The number of hydrogen-bond donors (Lipinski definition) is 1. The normalized spacial score (nSPS) is 31.8. The van der Waals surface area contributed by atoms with E-state index in [1.54, 1.807) is 4.90 Å². The fraction of sp³-hybridized carbons (Fsp3) is 0.833. The molecule has 5 nitrogen and oxygen atoms in total. The highest BCUT2D eigenvalue weighted by molar-refractivity contribution is 5.89. The quantitative estimate of drug-likeness (QED) is 0.748. The largest absolute Gasteiger partial charge is 0.341 e. The summed E-state index contributed by atoms with van der Waals surface area (Å²) in [4.78, 5) is 26.7. The number of alkyl halides is 1. The van der Waals surface area contributed by atoms with E-state index >= 15 is 0 Å². The highest BCUT2D eigenvalue weighted by atomic mass is 19.1. The Labute approximate surface area is 106 Å². The van der Waals surface area contributed by atoms with Crippen molar-refractivity contribution in [2.45, 2.75) is 32.0 Å². The number of piperidine rings is 1. The second-order valence-electron chi connectivity index (χ2n) is 5.38. The summed E-state index contributed by atoms with van der Waals surface area (Å²) < 4.78 is 14.9. The standard InChI is InChI=1S/C12H20FN3O2/c1-8(2)16-5-4-9-6-15(11(18)14-3)7-12(9,13)10(16)17/h8-9H,4-7H2,1-3H3,(H,14,18)/t9-,12-/m0/s1. The van der Waals surface area contributed by atoms with Crippen LogP contribution in [-0.2, 0) is 4.79 Å². The summed E-state index contributed by atoms with van der Waals surface area (Å²) in [5, 5.41) is 2.48. The maximum Gasteiger partial charge on any atom is 0.317 e. The average molecular weight is 257 g/mol. The number of fused-ring (bicyclic) bond motifs is 1. The predicted octanol–water partition coefficient (Wildman–Crippen LogP) is 0.607. The summed E-state index contributed by atoms with van der Waals surface area (Å²) in [7, 11) is 1.51. The van der Waals surface area contributed by atoms with E-state index in [2.05, 4.69) is 5.32 Å². The molecule has 0 bridgehead atoms. The molecule has 0 aliphatic carbocycles. The summed E-state index contributed by atoms with van der Waals surface area (Å²) in [5.74, 6) is -0.822. The van der Waals surface area contributed by atoms with Gasteiger partial charge in [0.15, 0.2) is 0 Å². The molecular formula is C12H20FN3O2. The van der Waals surface area contributed by atoms with Crippen molar-refractivity contribution in [3.63, 3.8) is 0 Å². The molecule has 0 radical (unpaired) electrons. The molecular weight excluding hydrogens is 237 g/mol. The number of amides is 3. The molecule has 0 saturated carbocycles. The Morgan fingerprint density at radius 1 is 1.56 bits per heavy atom. The maximum atomic E-state index is 14.9. The Kier molecular flexibility index (Phi) is 3.21. The third-order valence-electron chi connectivity index (χ3n) is 3.97. The van der Waals surface area contributed by atoms with Crippen LogP contribution in [-0.4, -0.2) is 60.1 Å². The molecule has 0 unspecified atom stereocenters. The number of carbonyl (C=O) groups excluding carboxylic acids is 2. The molecule has 102 valence electrons. The molecule has 2 saturated heterocycles. The lowest BCUT2D eigenvalue weighted by Gasteiger charge is -2.39. The molecule has 18 heavy (non-hydrogen) atoms. The number of hydrogen-bond acceptors (Lipinski definition) is 2. The van der Waals surface area contributed by atoms with E-state index in [0.717, 1.165) is 0 Å². The monoisotopic (exact) mass is 257 g/mol. The Morgan fingerprint density at radius 2 is 2.22 bits per heavy atom. The van der Waals surface area contributed by atoms with Crippen LogP contribution in [0.4, 0.5) is 9.18 Å². The van der Waals surface area contributed by atoms with Gasteiger partial charge in [-0.25, -0.2) is 9.18 Å². The van der Waals surface area contributed by atoms with Crippen LogP contribution in [0.25, 0.3) is 0 Å². The van der Waals surface area contributed by atoms with Gasteiger partial charge in [0, 0.05) is 32.1 Å². The van der Waals surface area contributed by atoms with Crippen molar-refractivity contribution in [3.05, 3.63) is 0 Å². The first-order chi connectivity index (χ1) is 8.40. The number of nitrogens with zero attached hydrogens (tertiary/aromatic N) is 2. The summed E-state index contributed by atoms with van der Waals surface area (Å²) in [6.07, 6.45) is 0.619. The summed E-state index contributed by atoms with van der Waals surface area (Å²) >= 11 is 0. The molecule has 3 amide bonds. The SMILES string of the molecule is CNC(=O)N1C[C@@H]2CCN(C(C)C)C(=O)[C@]2(F)C1. The van der Waals surface area contributed by atoms with Crippen LogP contribution in [0.5, 0.6) is 0 Å². The van der Waals surface area contributed by atoms with Gasteiger partial charge in [0.25, 0.3) is 5.91 Å². The second-order valence-corrected chi connectivity index (χ2v) is 5.38. The van der Waals surface area contributed by atoms with Crippen molar-refractivity contribution in [2.75, 3.05) is 26.7 Å². The molecule has 0 aromatic heterocycles. The van der Waals surface area contributed by atoms with Gasteiger partial charge in [-0.05, 0) is 20.3 Å². The smallest absolute Gasteiger partial charge is 0.317 e. The predicted molar refractivity (Wildman–Crippen MR) is 64.8 cm³/mol. The highest BCUT2D eigenvalue weighted by Gasteiger charge is 2.58. The van der Waals surface area contributed by atoms with Crippen LogP contribution in [0.15, 0.2) is 0 Å². The van der Waals surface area contributed by atoms with Crippen LogP contribution >= 0.6 is 0 Å². The molecule has 2 rings (SSSR count). The van der Waals surface area contributed by atoms with Crippen LogP contribution in [0.1, 0.15) is 20.3 Å². The van der Waals surface area contributed by atoms with E-state index in [9.17, 15) is 14.0 Å². The lowest BCUT2D eigenvalue weighted by molar-refractivity contribution is -0.152. The first kappa shape index (κ1) is 13.1. The first-order valence-corrected chi connectivity index (χ1v) is 6.36. The molecule has 2 heterocycles. The van der Waals surface area contributed by atoms with Crippen LogP contribution in [0.2, 0.25) is 0 Å². The first-order valence-electron chi connectivity index (χ1n) is 6.36. The molecule has 2 fully saturated rings. The van der Waals surface area contributed by atoms with Gasteiger partial charge in [0.2, 0.25) is 5.67 Å². The van der Waals surface area contributed by atoms with E-state index in [-0.39, 0.29) is 24.5 Å². The lowest BCUT2D eigenvalue weighted by atomic mass is 9.84. The zero-order valence-corrected chi connectivity index (χ0v) is 11.1. The molecule has 0 aromatic rings. The van der Waals surface area contributed by atoms with Gasteiger partial charge in [-0.1, -0.05) is 0 Å². The van der Waals surface area contributed by atoms with Gasteiger partial charge in [0.1, 0.15) is 0 Å². The van der Waals surface area contributed by atoms with Crippen LogP contribution in [0.3, 0.4) is 0 Å². The minimum atomic E-state index is -1.89. The van der Waals surface area contributed by atoms with Gasteiger partial charge >= 0.3 is 6.03 Å². The Balaban J connectivity index is 2.19. The van der Waals surface area contributed by atoms with E-state index in [1.165, 1.54) is 11.9 Å². The van der Waals surface area contributed by atoms with Gasteiger partial charge < -0.3 is 15.1 Å². The summed E-state index contributed by atoms with van der Waals surface area (Å²) in [6.45, 7) is 4.54. The van der Waals surface area contributed by atoms with Crippen molar-refractivity contribution in [1.82, 2.24) is 15.1 Å². The number of urea groups is 1. The molecule has 6 heteroatoms. The van der Waals surface area contributed by atoms with Crippen molar-refractivity contribution in [1.29, 1.82) is 0 Å². The summed E-state index contributed by atoms with van der Waals surface area (Å²) in [6, 6.07) is -0.314. The number of carbonyl (C=O) groups is 2. The maximum absolute atomic E-state index is 14.9. The summed E-state index contributed by atoms with van der Waals surface area (Å²) in [5.41, 5.74) is -1.89. The van der Waals surface area contributed by atoms with E-state index in [0.29, 0.717) is 19.5 Å². The van der Waals surface area contributed by atoms with Crippen molar-refractivity contribution in [3.8, 4) is 0 Å². The minimum absolute atomic E-state index is 0.000117. The van der Waals surface area contributed by atoms with Crippen LogP contribution in [0, 0.1) is 5.92 Å². The lowest BCUT2D eigenvalue weighted by Crippen LogP contribution is -2.57. The van der Waals surface area contributed by atoms with E-state index < -0.39 is 11.6 Å². The topological polar surface area (TPSA) is 52.7 Å². The molecule has 2 aliphatic heterocycles. The van der Waals surface area contributed by atoms with Gasteiger partial charge in [-0.15, -0.1) is 0 Å². The molecule has 0 spiro atoms. The van der Waals surface area contributed by atoms with Crippen molar-refractivity contribution >= 4 is 11.9 Å². The van der Waals surface area contributed by atoms with E-state index in [4.69, 9.17) is 0 Å². The van der Waals surface area contributed by atoms with Gasteiger partial charge in [-0.3, -0.25) is 4.79 Å². The fourth-order valence-electron chi connectivity index (χ4n) is 2.89. The fourth-order valence-corrected chi connectivity index (χ4v) is 2.89. The number of nitrogens with one attached hydrogen (secondary N) is 1. The third-order valence-corrected chi connectivity index (χ3v) is 3.97. The van der Waals surface area contributed by atoms with Crippen LogP contribution < -0.4 is 5.32 Å². The average Bonchev–Trinajstić information content (AvgIpc) is 2.67. The Morgan fingerprint density at radius 3 is 2.78 bits per heavy atom. The molecule has 2 atom stereocenters. The van der Waals surface area contributed by atoms with Crippen molar-refractivity contribution in [2.24, 2.45) is 5.92 Å². The van der Waals surface area contributed by atoms with Crippen molar-refractivity contribution < 1.29 is 14.0 Å².